The molecule has 26 heavy (non-hydrogen) atoms. The summed E-state index contributed by atoms with van der Waals surface area (Å²) in [6.45, 7) is 2.54. The summed E-state index contributed by atoms with van der Waals surface area (Å²) in [5.41, 5.74) is 6.53. The zero-order chi connectivity index (χ0) is 18.5. The Balaban J connectivity index is 1.54. The highest BCUT2D eigenvalue weighted by Gasteiger charge is 2.31. The molecule has 2 saturated heterocycles. The number of carbonyl (C=O) groups is 3. The van der Waals surface area contributed by atoms with Crippen LogP contribution in [0.4, 0.5) is 0 Å². The first-order valence-electron chi connectivity index (χ1n) is 9.21. The van der Waals surface area contributed by atoms with Gasteiger partial charge in [0.05, 0.1) is 11.8 Å². The van der Waals surface area contributed by atoms with Crippen molar-refractivity contribution in [1.29, 1.82) is 0 Å². The van der Waals surface area contributed by atoms with Crippen LogP contribution in [-0.4, -0.2) is 77.7 Å². The minimum atomic E-state index is -0.492. The van der Waals surface area contributed by atoms with Gasteiger partial charge in [0, 0.05) is 45.3 Å². The quantitative estimate of drug-likeness (QED) is 0.724. The van der Waals surface area contributed by atoms with Gasteiger partial charge >= 0.3 is 11.8 Å². The molecular weight excluding hydrogens is 336 g/mol. The van der Waals surface area contributed by atoms with Crippen LogP contribution >= 0.6 is 0 Å². The molecule has 2 N–H and O–H groups in total. The lowest BCUT2D eigenvalue weighted by molar-refractivity contribution is -0.153. The van der Waals surface area contributed by atoms with Crippen molar-refractivity contribution in [1.82, 2.24) is 14.7 Å². The largest absolute Gasteiger partial charge is 0.472 e. The molecule has 1 aromatic rings. The number of piperazine rings is 1. The fraction of sp³-hybridized carbons (Fsp3) is 0.611. The maximum atomic E-state index is 12.6. The highest BCUT2D eigenvalue weighted by atomic mass is 16.3. The van der Waals surface area contributed by atoms with Crippen molar-refractivity contribution >= 4 is 17.7 Å². The van der Waals surface area contributed by atoms with E-state index in [1.54, 1.807) is 15.9 Å². The van der Waals surface area contributed by atoms with Gasteiger partial charge < -0.3 is 24.9 Å². The van der Waals surface area contributed by atoms with E-state index < -0.39 is 11.8 Å². The van der Waals surface area contributed by atoms with Crippen LogP contribution in [0.1, 0.15) is 36.0 Å². The maximum absolute atomic E-state index is 12.6. The molecule has 3 rings (SSSR count). The van der Waals surface area contributed by atoms with Crippen molar-refractivity contribution in [3.8, 4) is 0 Å². The van der Waals surface area contributed by atoms with Crippen LogP contribution in [0.5, 0.6) is 0 Å². The van der Waals surface area contributed by atoms with Crippen molar-refractivity contribution in [3.63, 3.8) is 0 Å². The number of likely N-dealkylation sites (tertiary alicyclic amines) is 1. The summed E-state index contributed by atoms with van der Waals surface area (Å²) >= 11 is 0. The topological polar surface area (TPSA) is 100 Å². The van der Waals surface area contributed by atoms with Gasteiger partial charge in [0.1, 0.15) is 6.26 Å². The van der Waals surface area contributed by atoms with Gasteiger partial charge in [-0.25, -0.2) is 0 Å². The van der Waals surface area contributed by atoms with Gasteiger partial charge in [-0.15, -0.1) is 0 Å². The van der Waals surface area contributed by atoms with Gasteiger partial charge in [-0.2, -0.15) is 0 Å². The van der Waals surface area contributed by atoms with Gasteiger partial charge in [0.15, 0.2) is 0 Å². The van der Waals surface area contributed by atoms with Gasteiger partial charge in [-0.1, -0.05) is 12.8 Å². The lowest BCUT2D eigenvalue weighted by atomic mass is 10.0. The molecule has 8 nitrogen and oxygen atoms in total. The number of nitrogens with two attached hydrogens (primary N) is 1. The Morgan fingerprint density at radius 2 is 1.62 bits per heavy atom. The summed E-state index contributed by atoms with van der Waals surface area (Å²) in [4.78, 5) is 42.3. The molecule has 0 bridgehead atoms. The Morgan fingerprint density at radius 1 is 0.923 bits per heavy atom. The van der Waals surface area contributed by atoms with E-state index in [1.165, 1.54) is 17.4 Å². The van der Waals surface area contributed by atoms with Gasteiger partial charge in [0.2, 0.25) is 0 Å². The van der Waals surface area contributed by atoms with Crippen molar-refractivity contribution in [2.75, 3.05) is 39.3 Å². The fourth-order valence-electron chi connectivity index (χ4n) is 3.49. The molecule has 0 spiro atoms. The molecule has 1 atom stereocenters. The molecule has 2 aliphatic heterocycles. The van der Waals surface area contributed by atoms with E-state index in [2.05, 4.69) is 0 Å². The zero-order valence-corrected chi connectivity index (χ0v) is 14.9. The fourth-order valence-corrected chi connectivity index (χ4v) is 3.49. The second-order valence-electron chi connectivity index (χ2n) is 6.96. The molecule has 3 amide bonds. The van der Waals surface area contributed by atoms with E-state index in [-0.39, 0.29) is 11.9 Å². The van der Waals surface area contributed by atoms with Crippen molar-refractivity contribution in [2.24, 2.45) is 5.73 Å². The molecule has 142 valence electrons. The van der Waals surface area contributed by atoms with Gasteiger partial charge in [-0.3, -0.25) is 14.4 Å². The molecular formula is C18H26N4O4. The van der Waals surface area contributed by atoms with E-state index in [4.69, 9.17) is 10.2 Å². The monoisotopic (exact) mass is 362 g/mol. The summed E-state index contributed by atoms with van der Waals surface area (Å²) in [6.07, 6.45) is 6.75. The first kappa shape index (κ1) is 18.4. The van der Waals surface area contributed by atoms with E-state index in [1.807, 2.05) is 0 Å². The smallest absolute Gasteiger partial charge is 0.312 e. The standard InChI is InChI=1S/C18H26N4O4/c19-15-4-2-1-3-6-22(12-15)18(25)17(24)21-9-7-20(8-10-21)16(23)14-5-11-26-13-14/h5,11,13,15H,1-4,6-10,12,19H2. The summed E-state index contributed by atoms with van der Waals surface area (Å²) in [6, 6.07) is 1.55. The Morgan fingerprint density at radius 3 is 2.31 bits per heavy atom. The molecule has 3 heterocycles. The summed E-state index contributed by atoms with van der Waals surface area (Å²) in [7, 11) is 0. The van der Waals surface area contributed by atoms with Crippen LogP contribution in [0.2, 0.25) is 0 Å². The lowest BCUT2D eigenvalue weighted by Gasteiger charge is -2.35. The Kier molecular flexibility index (Phi) is 5.92. The Bertz CT molecular complexity index is 638. The van der Waals surface area contributed by atoms with Crippen molar-refractivity contribution in [2.45, 2.75) is 31.7 Å². The Labute approximate surface area is 152 Å². The second-order valence-corrected chi connectivity index (χ2v) is 6.96. The summed E-state index contributed by atoms with van der Waals surface area (Å²) in [5.74, 6) is -1.09. The maximum Gasteiger partial charge on any atom is 0.312 e. The highest BCUT2D eigenvalue weighted by Crippen LogP contribution is 2.13. The van der Waals surface area contributed by atoms with Crippen molar-refractivity contribution < 1.29 is 18.8 Å². The first-order chi connectivity index (χ1) is 12.6. The number of rotatable bonds is 1. The van der Waals surface area contributed by atoms with Crippen LogP contribution in [0.3, 0.4) is 0 Å². The van der Waals surface area contributed by atoms with Gasteiger partial charge in [-0.05, 0) is 18.9 Å². The first-order valence-corrected chi connectivity index (χ1v) is 9.21. The molecule has 1 unspecified atom stereocenters. The minimum absolute atomic E-state index is 0.0727. The van der Waals surface area contributed by atoms with Crippen LogP contribution in [0, 0.1) is 0 Å². The molecule has 0 aromatic carbocycles. The third-order valence-electron chi connectivity index (χ3n) is 5.05. The molecule has 2 fully saturated rings. The SMILES string of the molecule is NC1CCCCCN(C(=O)C(=O)N2CCN(C(=O)c3ccoc3)CC2)C1. The molecule has 0 saturated carbocycles. The zero-order valence-electron chi connectivity index (χ0n) is 14.9. The molecule has 0 aliphatic carbocycles. The van der Waals surface area contributed by atoms with Crippen molar-refractivity contribution in [3.05, 3.63) is 24.2 Å². The number of nitrogens with zero attached hydrogens (tertiary/aromatic N) is 3. The van der Waals surface area contributed by atoms with E-state index >= 15 is 0 Å². The van der Waals surface area contributed by atoms with E-state index in [9.17, 15) is 14.4 Å². The van der Waals surface area contributed by atoms with E-state index in [0.29, 0.717) is 44.8 Å². The highest BCUT2D eigenvalue weighted by molar-refractivity contribution is 6.34. The van der Waals surface area contributed by atoms with Crippen LogP contribution in [0.15, 0.2) is 23.0 Å². The third-order valence-corrected chi connectivity index (χ3v) is 5.05. The average molecular weight is 362 g/mol. The lowest BCUT2D eigenvalue weighted by Crippen LogP contribution is -2.55. The third kappa shape index (κ3) is 4.24. The minimum Gasteiger partial charge on any atom is -0.472 e. The second kappa shape index (κ2) is 8.35. The number of hydrogen-bond acceptors (Lipinski definition) is 5. The number of furan rings is 1. The van der Waals surface area contributed by atoms with Crippen LogP contribution < -0.4 is 5.73 Å². The Hall–Kier alpha value is -2.35. The number of carbonyl (C=O) groups excluding carboxylic acids is 3. The molecule has 0 radical (unpaired) electrons. The number of amides is 3. The predicted molar refractivity (Wildman–Crippen MR) is 94.2 cm³/mol. The molecule has 8 heteroatoms. The van der Waals surface area contributed by atoms with Crippen LogP contribution in [-0.2, 0) is 9.59 Å². The van der Waals surface area contributed by atoms with Gasteiger partial charge in [0.25, 0.3) is 5.91 Å². The number of hydrogen-bond donors (Lipinski definition) is 1. The predicted octanol–water partition coefficient (Wildman–Crippen LogP) is 0.294. The average Bonchev–Trinajstić information content (AvgIpc) is 3.17. The molecule has 2 aliphatic rings. The normalized spacial score (nSPS) is 21.9. The summed E-state index contributed by atoms with van der Waals surface area (Å²) in [5, 5.41) is 0. The van der Waals surface area contributed by atoms with E-state index in [0.717, 1.165) is 25.7 Å². The van der Waals surface area contributed by atoms with Crippen LogP contribution in [0.25, 0.3) is 0 Å². The summed E-state index contributed by atoms with van der Waals surface area (Å²) < 4.78 is 4.94. The molecule has 1 aromatic heterocycles.